The summed E-state index contributed by atoms with van der Waals surface area (Å²) in [6.07, 6.45) is 3.54. The van der Waals surface area contributed by atoms with Crippen LogP contribution in [0.5, 0.6) is 5.75 Å². The zero-order valence-corrected chi connectivity index (χ0v) is 24.1. The number of carbonyl (C=O) groups is 1. The molecule has 208 valence electrons. The maximum Gasteiger partial charge on any atom is 0.261 e. The van der Waals surface area contributed by atoms with Crippen LogP contribution < -0.4 is 14.8 Å². The molecule has 3 aromatic carbocycles. The molecule has 0 radical (unpaired) electrons. The third kappa shape index (κ3) is 7.03. The summed E-state index contributed by atoms with van der Waals surface area (Å²) in [4.78, 5) is 13.1. The molecule has 0 saturated carbocycles. The van der Waals surface area contributed by atoms with Gasteiger partial charge in [-0.1, -0.05) is 36.0 Å². The Morgan fingerprint density at radius 2 is 1.38 bits per heavy atom. The van der Waals surface area contributed by atoms with Gasteiger partial charge in [0.1, 0.15) is 5.75 Å². The molecule has 0 unspecified atom stereocenters. The van der Waals surface area contributed by atoms with Crippen molar-refractivity contribution in [2.45, 2.75) is 35.5 Å². The minimum Gasteiger partial charge on any atom is -0.496 e. The molecule has 0 atom stereocenters. The maximum absolute atomic E-state index is 13.2. The van der Waals surface area contributed by atoms with Gasteiger partial charge in [0.2, 0.25) is 10.0 Å². The molecule has 4 rings (SSSR count). The Kier molecular flexibility index (Phi) is 9.07. The second kappa shape index (κ2) is 12.1. The molecule has 0 spiro atoms. The molecule has 0 aliphatic carbocycles. The standard InChI is InChI=1S/C26H27Cl2N3O6S2/c1-37-25-11-10-23(39(35,36)31-12-4-2-3-5-13-31)17-24(25)26(32)29-20-6-8-22(9-7-20)38(33,34)30-21-15-18(27)14-19(28)16-21/h6-11,14-17,30H,2-5,12-13H2,1H3,(H,29,32). The number of anilines is 2. The van der Waals surface area contributed by atoms with Crippen molar-refractivity contribution in [1.82, 2.24) is 4.31 Å². The number of amides is 1. The Bertz CT molecular complexity index is 1550. The molecule has 9 nitrogen and oxygen atoms in total. The number of nitrogens with one attached hydrogen (secondary N) is 2. The topological polar surface area (TPSA) is 122 Å². The van der Waals surface area contributed by atoms with Crippen LogP contribution in [0, 0.1) is 0 Å². The zero-order chi connectivity index (χ0) is 28.2. The van der Waals surface area contributed by atoms with E-state index in [2.05, 4.69) is 10.0 Å². The lowest BCUT2D eigenvalue weighted by Gasteiger charge is -2.20. The lowest BCUT2D eigenvalue weighted by Crippen LogP contribution is -2.32. The molecule has 0 bridgehead atoms. The molecule has 1 amide bonds. The van der Waals surface area contributed by atoms with E-state index in [1.807, 2.05) is 0 Å². The van der Waals surface area contributed by atoms with Crippen LogP contribution in [0.4, 0.5) is 11.4 Å². The number of benzene rings is 3. The van der Waals surface area contributed by atoms with E-state index < -0.39 is 26.0 Å². The van der Waals surface area contributed by atoms with Gasteiger partial charge in [0.15, 0.2) is 0 Å². The Morgan fingerprint density at radius 3 is 1.97 bits per heavy atom. The first kappa shape index (κ1) is 29.2. The van der Waals surface area contributed by atoms with E-state index in [0.717, 1.165) is 25.7 Å². The highest BCUT2D eigenvalue weighted by molar-refractivity contribution is 7.92. The van der Waals surface area contributed by atoms with Gasteiger partial charge in [0.25, 0.3) is 15.9 Å². The molecule has 1 heterocycles. The van der Waals surface area contributed by atoms with E-state index in [1.165, 1.54) is 72.1 Å². The zero-order valence-electron chi connectivity index (χ0n) is 21.0. The number of ether oxygens (including phenoxy) is 1. The Labute approximate surface area is 238 Å². The predicted octanol–water partition coefficient (Wildman–Crippen LogP) is 5.62. The van der Waals surface area contributed by atoms with Crippen LogP contribution in [0.1, 0.15) is 36.0 Å². The van der Waals surface area contributed by atoms with Crippen molar-refractivity contribution >= 4 is 60.5 Å². The van der Waals surface area contributed by atoms with Crippen molar-refractivity contribution in [2.75, 3.05) is 30.2 Å². The van der Waals surface area contributed by atoms with E-state index in [-0.39, 0.29) is 36.8 Å². The first-order valence-electron chi connectivity index (χ1n) is 12.1. The van der Waals surface area contributed by atoms with Crippen LogP contribution in [0.25, 0.3) is 0 Å². The average molecular weight is 613 g/mol. The molecule has 3 aromatic rings. The van der Waals surface area contributed by atoms with Gasteiger partial charge >= 0.3 is 0 Å². The van der Waals surface area contributed by atoms with Crippen LogP contribution in [0.2, 0.25) is 10.0 Å². The van der Waals surface area contributed by atoms with Crippen molar-refractivity contribution in [3.63, 3.8) is 0 Å². The average Bonchev–Trinajstić information content (AvgIpc) is 3.18. The number of carbonyl (C=O) groups excluding carboxylic acids is 1. The van der Waals surface area contributed by atoms with E-state index in [0.29, 0.717) is 18.8 Å². The van der Waals surface area contributed by atoms with Gasteiger partial charge in [0, 0.05) is 28.8 Å². The smallest absolute Gasteiger partial charge is 0.261 e. The molecule has 2 N–H and O–H groups in total. The van der Waals surface area contributed by atoms with Crippen LogP contribution in [0.3, 0.4) is 0 Å². The molecular formula is C26H27Cl2N3O6S2. The molecule has 0 aromatic heterocycles. The van der Waals surface area contributed by atoms with Crippen molar-refractivity contribution in [1.29, 1.82) is 0 Å². The first-order chi connectivity index (χ1) is 18.5. The van der Waals surface area contributed by atoms with Crippen LogP contribution in [-0.4, -0.2) is 47.2 Å². The molecule has 1 aliphatic heterocycles. The number of hydrogen-bond donors (Lipinski definition) is 2. The summed E-state index contributed by atoms with van der Waals surface area (Å²) in [6, 6.07) is 14.0. The van der Waals surface area contributed by atoms with Crippen molar-refractivity contribution < 1.29 is 26.4 Å². The fourth-order valence-corrected chi connectivity index (χ4v) is 7.31. The number of sulfonamides is 2. The van der Waals surface area contributed by atoms with Gasteiger partial charge < -0.3 is 10.1 Å². The molecular weight excluding hydrogens is 585 g/mol. The van der Waals surface area contributed by atoms with Crippen molar-refractivity contribution in [3.05, 3.63) is 76.3 Å². The number of hydrogen-bond acceptors (Lipinski definition) is 6. The molecule has 1 aliphatic rings. The highest BCUT2D eigenvalue weighted by atomic mass is 35.5. The van der Waals surface area contributed by atoms with E-state index in [9.17, 15) is 21.6 Å². The third-order valence-corrected chi connectivity index (χ3v) is 9.88. The van der Waals surface area contributed by atoms with Crippen molar-refractivity contribution in [3.8, 4) is 5.75 Å². The summed E-state index contributed by atoms with van der Waals surface area (Å²) in [7, 11) is -6.36. The summed E-state index contributed by atoms with van der Waals surface area (Å²) >= 11 is 11.9. The van der Waals surface area contributed by atoms with E-state index in [4.69, 9.17) is 27.9 Å². The van der Waals surface area contributed by atoms with E-state index >= 15 is 0 Å². The fraction of sp³-hybridized carbons (Fsp3) is 0.269. The summed E-state index contributed by atoms with van der Waals surface area (Å²) in [6.45, 7) is 0.870. The normalized spacial score (nSPS) is 14.8. The molecule has 1 saturated heterocycles. The number of nitrogens with zero attached hydrogens (tertiary/aromatic N) is 1. The van der Waals surface area contributed by atoms with Crippen LogP contribution >= 0.6 is 23.2 Å². The van der Waals surface area contributed by atoms with Gasteiger partial charge in [-0.2, -0.15) is 4.31 Å². The first-order valence-corrected chi connectivity index (χ1v) is 15.8. The number of halogens is 2. The lowest BCUT2D eigenvalue weighted by atomic mass is 10.2. The highest BCUT2D eigenvalue weighted by Crippen LogP contribution is 2.28. The minimum atomic E-state index is -3.96. The van der Waals surface area contributed by atoms with Crippen LogP contribution in [-0.2, 0) is 20.0 Å². The Balaban J connectivity index is 1.53. The van der Waals surface area contributed by atoms with Crippen molar-refractivity contribution in [2.24, 2.45) is 0 Å². The molecule has 1 fully saturated rings. The molecule has 39 heavy (non-hydrogen) atoms. The second-order valence-electron chi connectivity index (χ2n) is 8.92. The largest absolute Gasteiger partial charge is 0.496 e. The van der Waals surface area contributed by atoms with Gasteiger partial charge in [-0.3, -0.25) is 9.52 Å². The summed E-state index contributed by atoms with van der Waals surface area (Å²) < 4.78 is 61.2. The summed E-state index contributed by atoms with van der Waals surface area (Å²) in [5.74, 6) is -0.409. The van der Waals surface area contributed by atoms with Gasteiger partial charge in [-0.15, -0.1) is 0 Å². The SMILES string of the molecule is COc1ccc(S(=O)(=O)N2CCCCCC2)cc1C(=O)Nc1ccc(S(=O)(=O)Nc2cc(Cl)cc(Cl)c2)cc1. The highest BCUT2D eigenvalue weighted by Gasteiger charge is 2.27. The molecule has 13 heteroatoms. The quantitative estimate of drug-likeness (QED) is 0.341. The summed E-state index contributed by atoms with van der Waals surface area (Å²) in [5, 5.41) is 3.22. The maximum atomic E-state index is 13.2. The fourth-order valence-electron chi connectivity index (χ4n) is 4.20. The Hall–Kier alpha value is -2.83. The minimum absolute atomic E-state index is 0.00369. The predicted molar refractivity (Wildman–Crippen MR) is 152 cm³/mol. The van der Waals surface area contributed by atoms with Gasteiger partial charge in [0.05, 0.1) is 28.2 Å². The van der Waals surface area contributed by atoms with Crippen LogP contribution in [0.15, 0.2) is 70.5 Å². The number of methoxy groups -OCH3 is 1. The number of rotatable bonds is 8. The lowest BCUT2D eigenvalue weighted by molar-refractivity contribution is 0.102. The van der Waals surface area contributed by atoms with Gasteiger partial charge in [-0.25, -0.2) is 16.8 Å². The van der Waals surface area contributed by atoms with E-state index in [1.54, 1.807) is 0 Å². The second-order valence-corrected chi connectivity index (χ2v) is 13.4. The van der Waals surface area contributed by atoms with Gasteiger partial charge in [-0.05, 0) is 73.5 Å². The monoisotopic (exact) mass is 611 g/mol. The summed E-state index contributed by atoms with van der Waals surface area (Å²) in [5.41, 5.74) is 0.532. The third-order valence-electron chi connectivity index (χ3n) is 6.16. The Morgan fingerprint density at radius 1 is 0.795 bits per heavy atom.